The molecule has 0 N–H and O–H groups in total. The Morgan fingerprint density at radius 2 is 1.32 bits per heavy atom. The highest BCUT2D eigenvalue weighted by atomic mass is 32.2. The molecule has 4 rings (SSSR count). The summed E-state index contributed by atoms with van der Waals surface area (Å²) < 4.78 is 90.5. The van der Waals surface area contributed by atoms with Gasteiger partial charge in [-0.2, -0.15) is 21.6 Å². The molecule has 1 aliphatic rings. The van der Waals surface area contributed by atoms with E-state index >= 15 is 0 Å². The molecule has 0 bridgehead atoms. The van der Waals surface area contributed by atoms with Crippen LogP contribution in [0.1, 0.15) is 26.3 Å². The van der Waals surface area contributed by atoms with Crippen LogP contribution in [0.2, 0.25) is 0 Å². The largest absolute Gasteiger partial charge is 0.523 e. The van der Waals surface area contributed by atoms with Crippen LogP contribution in [0.3, 0.4) is 0 Å². The molecule has 3 aromatic carbocycles. The number of hydrogen-bond acceptors (Lipinski definition) is 9. The van der Waals surface area contributed by atoms with Crippen molar-refractivity contribution in [3.05, 3.63) is 108 Å². The number of ether oxygens (including phenoxy) is 4. The third kappa shape index (κ3) is 7.91. The molecule has 3 aromatic rings. The summed E-state index contributed by atoms with van der Waals surface area (Å²) in [4.78, 5) is 25.2. The van der Waals surface area contributed by atoms with Crippen molar-refractivity contribution in [1.82, 2.24) is 0 Å². The smallest absolute Gasteiger partial charge is 0.459 e. The standard InChI is InChI=1S/C28H25F3O9S/c29-28(30,31)41(34,35)40-24-22(17-36-16-19-10-4-1-5-11-19)23(18-37-25(32)20-12-6-2-7-13-20)38-27(24)39-26(33)21-14-8-3-9-15-21/h1-15,22-24,27H,16-18H2. The predicted octanol–water partition coefficient (Wildman–Crippen LogP) is 4.49. The summed E-state index contributed by atoms with van der Waals surface area (Å²) in [5.74, 6) is -3.03. The van der Waals surface area contributed by atoms with Crippen molar-refractivity contribution in [3.63, 3.8) is 0 Å². The van der Waals surface area contributed by atoms with Gasteiger partial charge in [-0.25, -0.2) is 9.59 Å². The number of carbonyl (C=O) groups is 2. The highest BCUT2D eigenvalue weighted by Crippen LogP contribution is 2.36. The Morgan fingerprint density at radius 3 is 1.88 bits per heavy atom. The van der Waals surface area contributed by atoms with Gasteiger partial charge in [-0.1, -0.05) is 66.7 Å². The quantitative estimate of drug-likeness (QED) is 0.180. The number of rotatable bonds is 11. The fraction of sp³-hybridized carbons (Fsp3) is 0.286. The van der Waals surface area contributed by atoms with E-state index in [9.17, 15) is 31.2 Å². The first-order valence-electron chi connectivity index (χ1n) is 12.3. The van der Waals surface area contributed by atoms with Gasteiger partial charge in [-0.05, 0) is 29.8 Å². The zero-order valence-electron chi connectivity index (χ0n) is 21.3. The topological polar surface area (TPSA) is 114 Å². The lowest BCUT2D eigenvalue weighted by Crippen LogP contribution is -2.41. The maximum Gasteiger partial charge on any atom is 0.523 e. The third-order valence-electron chi connectivity index (χ3n) is 6.04. The van der Waals surface area contributed by atoms with Gasteiger partial charge in [-0.3, -0.25) is 4.18 Å². The number of alkyl halides is 3. The summed E-state index contributed by atoms with van der Waals surface area (Å²) in [6.45, 7) is -0.903. The average molecular weight is 595 g/mol. The van der Waals surface area contributed by atoms with E-state index in [2.05, 4.69) is 4.18 Å². The van der Waals surface area contributed by atoms with Gasteiger partial charge in [0.25, 0.3) is 0 Å². The second kappa shape index (κ2) is 13.3. The first-order chi connectivity index (χ1) is 19.5. The van der Waals surface area contributed by atoms with E-state index in [0.29, 0.717) is 0 Å². The van der Waals surface area contributed by atoms with Gasteiger partial charge in [0.1, 0.15) is 18.8 Å². The summed E-state index contributed by atoms with van der Waals surface area (Å²) in [5, 5.41) is 0. The minimum absolute atomic E-state index is 0.0150. The van der Waals surface area contributed by atoms with Gasteiger partial charge < -0.3 is 18.9 Å². The van der Waals surface area contributed by atoms with E-state index in [4.69, 9.17) is 18.9 Å². The SMILES string of the molecule is O=C(OCC1OC(OC(=O)c2ccccc2)C(OS(=O)(=O)C(F)(F)F)C1COCc1ccccc1)c1ccccc1. The lowest BCUT2D eigenvalue weighted by molar-refractivity contribution is -0.138. The molecule has 0 saturated carbocycles. The molecule has 4 atom stereocenters. The molecule has 4 unspecified atom stereocenters. The highest BCUT2D eigenvalue weighted by Gasteiger charge is 2.56. The number of carbonyl (C=O) groups excluding carboxylic acids is 2. The molecule has 0 aliphatic carbocycles. The monoisotopic (exact) mass is 594 g/mol. The molecule has 13 heteroatoms. The Kier molecular flexibility index (Phi) is 9.76. The molecular formula is C28H25F3O9S. The van der Waals surface area contributed by atoms with Gasteiger partial charge in [0.05, 0.1) is 24.3 Å². The van der Waals surface area contributed by atoms with E-state index in [0.717, 1.165) is 5.56 Å². The molecule has 0 aromatic heterocycles. The van der Waals surface area contributed by atoms with Crippen LogP contribution in [-0.4, -0.2) is 57.6 Å². The number of esters is 2. The van der Waals surface area contributed by atoms with Crippen LogP contribution >= 0.6 is 0 Å². The molecular weight excluding hydrogens is 569 g/mol. The summed E-state index contributed by atoms with van der Waals surface area (Å²) in [6.07, 6.45) is -5.16. The van der Waals surface area contributed by atoms with Crippen LogP contribution in [0.4, 0.5) is 13.2 Å². The Balaban J connectivity index is 1.59. The van der Waals surface area contributed by atoms with Gasteiger partial charge in [0.2, 0.25) is 6.29 Å². The Labute approximate surface area is 233 Å². The molecule has 0 spiro atoms. The molecule has 1 fully saturated rings. The van der Waals surface area contributed by atoms with Crippen LogP contribution in [0.15, 0.2) is 91.0 Å². The van der Waals surface area contributed by atoms with Crippen LogP contribution < -0.4 is 0 Å². The Morgan fingerprint density at radius 1 is 0.780 bits per heavy atom. The molecule has 218 valence electrons. The molecule has 1 heterocycles. The second-order valence-corrected chi connectivity index (χ2v) is 10.5. The average Bonchev–Trinajstić information content (AvgIpc) is 3.27. The van der Waals surface area contributed by atoms with Gasteiger partial charge in [0.15, 0.2) is 0 Å². The van der Waals surface area contributed by atoms with Crippen molar-refractivity contribution < 1.29 is 54.3 Å². The molecule has 1 saturated heterocycles. The molecule has 0 radical (unpaired) electrons. The zero-order chi connectivity index (χ0) is 29.5. The van der Waals surface area contributed by atoms with Crippen molar-refractivity contribution in [2.75, 3.05) is 13.2 Å². The third-order valence-corrected chi connectivity index (χ3v) is 7.08. The molecule has 0 amide bonds. The van der Waals surface area contributed by atoms with Crippen molar-refractivity contribution >= 4 is 22.1 Å². The fourth-order valence-electron chi connectivity index (χ4n) is 3.99. The normalized spacial score (nSPS) is 20.9. The molecule has 41 heavy (non-hydrogen) atoms. The minimum atomic E-state index is -6.16. The maximum absolute atomic E-state index is 13.3. The molecule has 1 aliphatic heterocycles. The van der Waals surface area contributed by atoms with Crippen molar-refractivity contribution in [1.29, 1.82) is 0 Å². The summed E-state index contributed by atoms with van der Waals surface area (Å²) in [5.41, 5.74) is -4.81. The van der Waals surface area contributed by atoms with Crippen molar-refractivity contribution in [3.8, 4) is 0 Å². The van der Waals surface area contributed by atoms with Crippen LogP contribution in [0.5, 0.6) is 0 Å². The summed E-state index contributed by atoms with van der Waals surface area (Å²) >= 11 is 0. The first kappa shape index (κ1) is 30.2. The first-order valence-corrected chi connectivity index (χ1v) is 13.7. The van der Waals surface area contributed by atoms with Gasteiger partial charge in [-0.15, -0.1) is 0 Å². The van der Waals surface area contributed by atoms with E-state index < -0.39 is 58.6 Å². The van der Waals surface area contributed by atoms with E-state index in [1.807, 2.05) is 0 Å². The summed E-state index contributed by atoms with van der Waals surface area (Å²) in [6, 6.07) is 24.1. The number of halogens is 3. The van der Waals surface area contributed by atoms with E-state index in [1.54, 1.807) is 54.6 Å². The van der Waals surface area contributed by atoms with Gasteiger partial charge >= 0.3 is 27.6 Å². The fourth-order valence-corrected chi connectivity index (χ4v) is 4.63. The Bertz CT molecular complexity index is 1400. The minimum Gasteiger partial charge on any atom is -0.459 e. The number of benzene rings is 3. The lowest BCUT2D eigenvalue weighted by Gasteiger charge is -2.24. The Hall–Kier alpha value is -3.78. The van der Waals surface area contributed by atoms with Gasteiger partial charge in [0, 0.05) is 5.92 Å². The van der Waals surface area contributed by atoms with Crippen LogP contribution in [-0.2, 0) is 39.9 Å². The van der Waals surface area contributed by atoms with Crippen molar-refractivity contribution in [2.24, 2.45) is 5.92 Å². The van der Waals surface area contributed by atoms with E-state index in [-0.39, 0.29) is 24.3 Å². The van der Waals surface area contributed by atoms with Crippen LogP contribution in [0.25, 0.3) is 0 Å². The lowest BCUT2D eigenvalue weighted by atomic mass is 10.00. The number of hydrogen-bond donors (Lipinski definition) is 0. The maximum atomic E-state index is 13.3. The molecule has 9 nitrogen and oxygen atoms in total. The zero-order valence-corrected chi connectivity index (χ0v) is 22.1. The second-order valence-electron chi connectivity index (χ2n) is 8.90. The van der Waals surface area contributed by atoms with Crippen LogP contribution in [0, 0.1) is 5.92 Å². The summed E-state index contributed by atoms with van der Waals surface area (Å²) in [7, 11) is -6.16. The predicted molar refractivity (Wildman–Crippen MR) is 137 cm³/mol. The van der Waals surface area contributed by atoms with Crippen molar-refractivity contribution in [2.45, 2.75) is 30.6 Å². The van der Waals surface area contributed by atoms with E-state index in [1.165, 1.54) is 36.4 Å². The highest BCUT2D eigenvalue weighted by molar-refractivity contribution is 7.87.